The summed E-state index contributed by atoms with van der Waals surface area (Å²) in [6, 6.07) is 7.87. The van der Waals surface area contributed by atoms with E-state index in [0.29, 0.717) is 25.4 Å². The third kappa shape index (κ3) is 3.64. The number of hydrogen-bond donors (Lipinski definition) is 0. The van der Waals surface area contributed by atoms with E-state index in [2.05, 4.69) is 24.3 Å². The second-order valence-corrected chi connectivity index (χ2v) is 8.20. The second kappa shape index (κ2) is 7.83. The molecule has 144 valence electrons. The number of hydrogen-bond acceptors (Lipinski definition) is 3. The molecule has 5 heteroatoms. The molecule has 0 saturated carbocycles. The van der Waals surface area contributed by atoms with Gasteiger partial charge in [-0.2, -0.15) is 0 Å². The number of benzene rings is 1. The number of fused-ring (bicyclic) bond motifs is 1. The Hall–Kier alpha value is -2.17. The quantitative estimate of drug-likeness (QED) is 0.750. The normalized spacial score (nSPS) is 25.0. The highest BCUT2D eigenvalue weighted by Crippen LogP contribution is 2.30. The molecule has 0 spiro atoms. The topological polar surface area (TPSA) is 57.7 Å². The monoisotopic (exact) mass is 368 g/mol. The molecule has 5 nitrogen and oxygen atoms in total. The Morgan fingerprint density at radius 1 is 1.00 bits per heavy atom. The van der Waals surface area contributed by atoms with Gasteiger partial charge >= 0.3 is 0 Å². The van der Waals surface area contributed by atoms with Crippen molar-refractivity contribution in [3.63, 3.8) is 0 Å². The van der Waals surface area contributed by atoms with E-state index in [1.165, 1.54) is 11.1 Å². The molecule has 0 radical (unpaired) electrons. The summed E-state index contributed by atoms with van der Waals surface area (Å²) in [5, 5.41) is 0. The molecule has 0 unspecified atom stereocenters. The Morgan fingerprint density at radius 3 is 2.37 bits per heavy atom. The molecule has 2 aliphatic heterocycles. The van der Waals surface area contributed by atoms with Crippen molar-refractivity contribution in [2.45, 2.75) is 63.5 Å². The standard InChI is InChI=1S/C22H28N2O3/c25-15-19-7-3-11-23(19)22(27)20-8-4-12-24(20)21(26)10-9-16-13-17-5-1-2-6-18(17)14-16/h1-2,5-6,15-16,19-20H,3-4,7-14H2/t19-,20-/m0/s1. The van der Waals surface area contributed by atoms with Gasteiger partial charge in [-0.25, -0.2) is 0 Å². The van der Waals surface area contributed by atoms with E-state index < -0.39 is 0 Å². The fraction of sp³-hybridized carbons (Fsp3) is 0.591. The maximum atomic E-state index is 12.9. The van der Waals surface area contributed by atoms with Crippen LogP contribution < -0.4 is 0 Å². The molecule has 2 heterocycles. The van der Waals surface area contributed by atoms with E-state index in [1.54, 1.807) is 9.80 Å². The lowest BCUT2D eigenvalue weighted by Gasteiger charge is -2.30. The molecule has 27 heavy (non-hydrogen) atoms. The van der Waals surface area contributed by atoms with Gasteiger partial charge in [0.2, 0.25) is 11.8 Å². The highest BCUT2D eigenvalue weighted by atomic mass is 16.2. The van der Waals surface area contributed by atoms with Gasteiger partial charge in [0.15, 0.2) is 0 Å². The summed E-state index contributed by atoms with van der Waals surface area (Å²) in [5.41, 5.74) is 2.83. The van der Waals surface area contributed by atoms with Crippen LogP contribution in [0, 0.1) is 5.92 Å². The van der Waals surface area contributed by atoms with Gasteiger partial charge in [0.05, 0.1) is 6.04 Å². The minimum atomic E-state index is -0.362. The van der Waals surface area contributed by atoms with Gasteiger partial charge in [0.25, 0.3) is 0 Å². The third-order valence-electron chi connectivity index (χ3n) is 6.50. The Labute approximate surface area is 160 Å². The summed E-state index contributed by atoms with van der Waals surface area (Å²) in [6.45, 7) is 1.31. The number of likely N-dealkylation sites (tertiary alicyclic amines) is 2. The van der Waals surface area contributed by atoms with Crippen molar-refractivity contribution in [2.24, 2.45) is 5.92 Å². The molecule has 4 rings (SSSR count). The maximum Gasteiger partial charge on any atom is 0.245 e. The van der Waals surface area contributed by atoms with Crippen LogP contribution in [0.5, 0.6) is 0 Å². The van der Waals surface area contributed by atoms with Crippen molar-refractivity contribution in [1.82, 2.24) is 9.80 Å². The fourth-order valence-corrected chi connectivity index (χ4v) is 5.05. The van der Waals surface area contributed by atoms with E-state index in [0.717, 1.165) is 51.2 Å². The number of rotatable bonds is 5. The Balaban J connectivity index is 1.33. The van der Waals surface area contributed by atoms with Gasteiger partial charge in [0.1, 0.15) is 12.3 Å². The van der Waals surface area contributed by atoms with Crippen molar-refractivity contribution in [3.05, 3.63) is 35.4 Å². The molecule has 2 fully saturated rings. The lowest BCUT2D eigenvalue weighted by Crippen LogP contribution is -2.49. The van der Waals surface area contributed by atoms with E-state index in [1.807, 2.05) is 0 Å². The van der Waals surface area contributed by atoms with Crippen LogP contribution >= 0.6 is 0 Å². The third-order valence-corrected chi connectivity index (χ3v) is 6.50. The summed E-state index contributed by atoms with van der Waals surface area (Å²) in [4.78, 5) is 40.5. The highest BCUT2D eigenvalue weighted by Gasteiger charge is 2.39. The molecule has 2 amide bonds. The molecule has 1 aromatic carbocycles. The largest absolute Gasteiger partial charge is 0.331 e. The van der Waals surface area contributed by atoms with Crippen LogP contribution in [-0.4, -0.2) is 53.1 Å². The van der Waals surface area contributed by atoms with Crippen LogP contribution in [0.2, 0.25) is 0 Å². The van der Waals surface area contributed by atoms with E-state index >= 15 is 0 Å². The highest BCUT2D eigenvalue weighted by molar-refractivity contribution is 5.90. The van der Waals surface area contributed by atoms with Crippen molar-refractivity contribution >= 4 is 18.1 Å². The van der Waals surface area contributed by atoms with Crippen LogP contribution in [0.4, 0.5) is 0 Å². The number of carbonyl (C=O) groups excluding carboxylic acids is 3. The van der Waals surface area contributed by atoms with Crippen LogP contribution in [0.1, 0.15) is 49.7 Å². The smallest absolute Gasteiger partial charge is 0.245 e. The lowest BCUT2D eigenvalue weighted by molar-refractivity contribution is -0.145. The van der Waals surface area contributed by atoms with Crippen LogP contribution in [0.3, 0.4) is 0 Å². The summed E-state index contributed by atoms with van der Waals surface area (Å²) in [5.74, 6) is 0.605. The van der Waals surface area contributed by atoms with Crippen molar-refractivity contribution in [3.8, 4) is 0 Å². The van der Waals surface area contributed by atoms with Gasteiger partial charge in [0, 0.05) is 19.5 Å². The van der Waals surface area contributed by atoms with Gasteiger partial charge in [-0.05, 0) is 62.0 Å². The van der Waals surface area contributed by atoms with E-state index in [4.69, 9.17) is 0 Å². The molecule has 1 aromatic rings. The van der Waals surface area contributed by atoms with Crippen molar-refractivity contribution < 1.29 is 14.4 Å². The fourth-order valence-electron chi connectivity index (χ4n) is 5.05. The van der Waals surface area contributed by atoms with Gasteiger partial charge in [-0.1, -0.05) is 24.3 Å². The zero-order valence-electron chi connectivity index (χ0n) is 15.8. The summed E-state index contributed by atoms with van der Waals surface area (Å²) < 4.78 is 0. The van der Waals surface area contributed by atoms with E-state index in [9.17, 15) is 14.4 Å². The first-order valence-corrected chi connectivity index (χ1v) is 10.3. The molecule has 2 atom stereocenters. The average molecular weight is 368 g/mol. The number of carbonyl (C=O) groups is 3. The zero-order valence-corrected chi connectivity index (χ0v) is 15.8. The van der Waals surface area contributed by atoms with Crippen molar-refractivity contribution in [2.75, 3.05) is 13.1 Å². The molecule has 2 saturated heterocycles. The summed E-state index contributed by atoms with van der Waals surface area (Å²) in [6.07, 6.45) is 7.60. The predicted octanol–water partition coefficient (Wildman–Crippen LogP) is 2.36. The number of nitrogens with zero attached hydrogens (tertiary/aromatic N) is 2. The van der Waals surface area contributed by atoms with Crippen LogP contribution in [0.15, 0.2) is 24.3 Å². The molecule has 0 aromatic heterocycles. The summed E-state index contributed by atoms with van der Waals surface area (Å²) >= 11 is 0. The van der Waals surface area contributed by atoms with Gasteiger partial charge in [-0.15, -0.1) is 0 Å². The Kier molecular flexibility index (Phi) is 5.28. The minimum Gasteiger partial charge on any atom is -0.331 e. The summed E-state index contributed by atoms with van der Waals surface area (Å²) in [7, 11) is 0. The lowest BCUT2D eigenvalue weighted by atomic mass is 9.99. The van der Waals surface area contributed by atoms with Gasteiger partial charge in [-0.3, -0.25) is 9.59 Å². The first-order valence-electron chi connectivity index (χ1n) is 10.3. The first-order chi connectivity index (χ1) is 13.2. The molecular formula is C22H28N2O3. The number of aldehydes is 1. The molecule has 3 aliphatic rings. The Morgan fingerprint density at radius 2 is 1.67 bits per heavy atom. The van der Waals surface area contributed by atoms with Crippen molar-refractivity contribution in [1.29, 1.82) is 0 Å². The minimum absolute atomic E-state index is 0.0243. The zero-order chi connectivity index (χ0) is 18.8. The number of amides is 2. The molecule has 0 bridgehead atoms. The second-order valence-electron chi connectivity index (χ2n) is 8.20. The van der Waals surface area contributed by atoms with E-state index in [-0.39, 0.29) is 23.9 Å². The molecular weight excluding hydrogens is 340 g/mol. The van der Waals surface area contributed by atoms with Crippen LogP contribution in [-0.2, 0) is 27.2 Å². The SMILES string of the molecule is O=C[C@@H]1CCCN1C(=O)[C@@H]1CCCN1C(=O)CCC1Cc2ccccc2C1. The van der Waals surface area contributed by atoms with Crippen LogP contribution in [0.25, 0.3) is 0 Å². The molecule has 0 N–H and O–H groups in total. The first kappa shape index (κ1) is 18.2. The molecule has 1 aliphatic carbocycles. The Bertz CT molecular complexity index is 707. The maximum absolute atomic E-state index is 12.9. The predicted molar refractivity (Wildman–Crippen MR) is 102 cm³/mol. The average Bonchev–Trinajstić information content (AvgIpc) is 3.43. The van der Waals surface area contributed by atoms with Gasteiger partial charge < -0.3 is 14.6 Å².